The molecule has 74 valence electrons. The first kappa shape index (κ1) is 10.4. The van der Waals surface area contributed by atoms with E-state index in [1.807, 2.05) is 19.0 Å². The molecular weight excluding hydrogens is 186 g/mol. The molecule has 0 unspecified atom stereocenters. The van der Waals surface area contributed by atoms with Crippen molar-refractivity contribution in [2.45, 2.75) is 12.8 Å². The molecule has 0 aromatic carbocycles. The molecule has 0 amide bonds. The van der Waals surface area contributed by atoms with E-state index < -0.39 is 0 Å². The molecule has 0 saturated carbocycles. The molecule has 1 aliphatic heterocycles. The van der Waals surface area contributed by atoms with Gasteiger partial charge < -0.3 is 9.64 Å². The van der Waals surface area contributed by atoms with E-state index in [1.54, 1.807) is 0 Å². The number of hydrogen-bond acceptors (Lipinski definition) is 3. The molecule has 1 aliphatic rings. The fraction of sp³-hybridized carbons (Fsp3) is 0.750. The Bertz CT molecular complexity index is 207. The van der Waals surface area contributed by atoms with Crippen molar-refractivity contribution in [3.63, 3.8) is 0 Å². The molecule has 0 aliphatic carbocycles. The zero-order valence-electron chi connectivity index (χ0n) is 8.04. The lowest BCUT2D eigenvalue weighted by Crippen LogP contribution is -2.32. The highest BCUT2D eigenvalue weighted by atomic mass is 32.1. The van der Waals surface area contributed by atoms with Gasteiger partial charge in [0.25, 0.3) is 0 Å². The third-order valence-electron chi connectivity index (χ3n) is 1.74. The van der Waals surface area contributed by atoms with Gasteiger partial charge in [0, 0.05) is 20.7 Å². The average Bonchev–Trinajstić information content (AvgIpc) is 2.15. The van der Waals surface area contributed by atoms with Crippen LogP contribution in [-0.4, -0.2) is 43.0 Å². The molecule has 1 heterocycles. The maximum Gasteiger partial charge on any atom is 0.189 e. The van der Waals surface area contributed by atoms with Gasteiger partial charge in [0.1, 0.15) is 0 Å². The van der Waals surface area contributed by atoms with Gasteiger partial charge >= 0.3 is 0 Å². The van der Waals surface area contributed by atoms with Crippen molar-refractivity contribution in [3.8, 4) is 0 Å². The van der Waals surface area contributed by atoms with E-state index in [0.29, 0.717) is 11.7 Å². The third kappa shape index (κ3) is 3.69. The number of rotatable bonds is 1. The van der Waals surface area contributed by atoms with Crippen LogP contribution in [0.4, 0.5) is 0 Å². The normalized spacial score (nSPS) is 20.0. The first-order chi connectivity index (χ1) is 6.20. The lowest BCUT2D eigenvalue weighted by Gasteiger charge is -2.16. The monoisotopic (exact) mass is 201 g/mol. The Morgan fingerprint density at radius 1 is 1.62 bits per heavy atom. The van der Waals surface area contributed by atoms with Crippen LogP contribution in [0.5, 0.6) is 0 Å². The van der Waals surface area contributed by atoms with E-state index in [0.717, 1.165) is 25.2 Å². The molecule has 0 spiro atoms. The summed E-state index contributed by atoms with van der Waals surface area (Å²) in [5, 5.41) is 4.79. The van der Waals surface area contributed by atoms with E-state index in [1.165, 1.54) is 0 Å². The predicted molar refractivity (Wildman–Crippen MR) is 56.9 cm³/mol. The van der Waals surface area contributed by atoms with E-state index in [-0.39, 0.29) is 0 Å². The number of ether oxygens (including phenoxy) is 1. The second-order valence-corrected chi connectivity index (χ2v) is 3.53. The molecule has 4 nitrogen and oxygen atoms in total. The van der Waals surface area contributed by atoms with Crippen molar-refractivity contribution in [1.29, 1.82) is 0 Å². The summed E-state index contributed by atoms with van der Waals surface area (Å²) in [4.78, 5) is 1.81. The molecule has 1 saturated heterocycles. The molecule has 1 N–H and O–H groups in total. The summed E-state index contributed by atoms with van der Waals surface area (Å²) in [7, 11) is 3.76. The van der Waals surface area contributed by atoms with Gasteiger partial charge in [-0.2, -0.15) is 5.10 Å². The van der Waals surface area contributed by atoms with Gasteiger partial charge in [0.2, 0.25) is 0 Å². The average molecular weight is 201 g/mol. The van der Waals surface area contributed by atoms with Gasteiger partial charge in [-0.05, 0) is 25.1 Å². The van der Waals surface area contributed by atoms with Crippen molar-refractivity contribution in [2.75, 3.05) is 27.3 Å². The van der Waals surface area contributed by atoms with Crippen molar-refractivity contribution in [1.82, 2.24) is 10.3 Å². The van der Waals surface area contributed by atoms with Crippen molar-refractivity contribution in [2.24, 2.45) is 5.10 Å². The van der Waals surface area contributed by atoms with Crippen LogP contribution in [0.3, 0.4) is 0 Å². The summed E-state index contributed by atoms with van der Waals surface area (Å²) in [5.74, 6) is 0. The van der Waals surface area contributed by atoms with Crippen LogP contribution < -0.4 is 5.43 Å². The van der Waals surface area contributed by atoms with Gasteiger partial charge in [-0.25, -0.2) is 0 Å². The van der Waals surface area contributed by atoms with Gasteiger partial charge in [-0.1, -0.05) is 0 Å². The Balaban J connectivity index is 2.33. The quantitative estimate of drug-likeness (QED) is 0.497. The van der Waals surface area contributed by atoms with Crippen molar-refractivity contribution in [3.05, 3.63) is 0 Å². The smallest absolute Gasteiger partial charge is 0.189 e. The van der Waals surface area contributed by atoms with Gasteiger partial charge in [0.05, 0.1) is 12.3 Å². The molecule has 0 bridgehead atoms. The number of hydrazone groups is 1. The van der Waals surface area contributed by atoms with E-state index in [4.69, 9.17) is 17.0 Å². The minimum absolute atomic E-state index is 0.623. The number of hydrogen-bond donors (Lipinski definition) is 1. The molecule has 0 aromatic heterocycles. The molecule has 13 heavy (non-hydrogen) atoms. The molecule has 0 radical (unpaired) electrons. The molecule has 0 aromatic rings. The fourth-order valence-electron chi connectivity index (χ4n) is 0.955. The molecule has 0 atom stereocenters. The molecule has 1 fully saturated rings. The Morgan fingerprint density at radius 2 is 2.38 bits per heavy atom. The van der Waals surface area contributed by atoms with Gasteiger partial charge in [-0.15, -0.1) is 0 Å². The highest BCUT2D eigenvalue weighted by Gasteiger charge is 2.06. The van der Waals surface area contributed by atoms with E-state index in [2.05, 4.69) is 10.5 Å². The van der Waals surface area contributed by atoms with Crippen molar-refractivity contribution >= 4 is 23.0 Å². The summed E-state index contributed by atoms with van der Waals surface area (Å²) in [6.45, 7) is 1.47. The van der Waals surface area contributed by atoms with Crippen LogP contribution >= 0.6 is 12.2 Å². The number of nitrogens with one attached hydrogen (secondary N) is 1. The van der Waals surface area contributed by atoms with Crippen LogP contribution in [-0.2, 0) is 4.74 Å². The Morgan fingerprint density at radius 3 is 2.92 bits per heavy atom. The van der Waals surface area contributed by atoms with E-state index in [9.17, 15) is 0 Å². The Labute approximate surface area is 83.9 Å². The SMILES string of the molecule is CN(C)C(=S)N/N=C1/CCCOC1. The molecular formula is C8H15N3OS. The summed E-state index contributed by atoms with van der Waals surface area (Å²) in [6.07, 6.45) is 2.05. The summed E-state index contributed by atoms with van der Waals surface area (Å²) < 4.78 is 5.25. The Kier molecular flexibility index (Phi) is 4.11. The number of thiocarbonyl (C=S) groups is 1. The largest absolute Gasteiger partial charge is 0.375 e. The van der Waals surface area contributed by atoms with Crippen LogP contribution in [0.25, 0.3) is 0 Å². The summed E-state index contributed by atoms with van der Waals surface area (Å²) >= 11 is 5.01. The second-order valence-electron chi connectivity index (χ2n) is 3.15. The van der Waals surface area contributed by atoms with Crippen LogP contribution in [0.15, 0.2) is 5.10 Å². The number of nitrogens with zero attached hydrogens (tertiary/aromatic N) is 2. The lowest BCUT2D eigenvalue weighted by molar-refractivity contribution is 0.154. The summed E-state index contributed by atoms with van der Waals surface area (Å²) in [5.41, 5.74) is 3.85. The first-order valence-electron chi connectivity index (χ1n) is 4.30. The Hall–Kier alpha value is -0.680. The fourth-order valence-corrected chi connectivity index (χ4v) is 1.00. The maximum atomic E-state index is 5.25. The topological polar surface area (TPSA) is 36.9 Å². The minimum Gasteiger partial charge on any atom is -0.375 e. The maximum absolute atomic E-state index is 5.25. The highest BCUT2D eigenvalue weighted by Crippen LogP contribution is 2.01. The zero-order chi connectivity index (χ0) is 9.68. The van der Waals surface area contributed by atoms with Crippen LogP contribution in [0.1, 0.15) is 12.8 Å². The molecule has 1 rings (SSSR count). The minimum atomic E-state index is 0.623. The van der Waals surface area contributed by atoms with Crippen LogP contribution in [0.2, 0.25) is 0 Å². The van der Waals surface area contributed by atoms with Gasteiger partial charge in [0.15, 0.2) is 5.11 Å². The van der Waals surface area contributed by atoms with Crippen molar-refractivity contribution < 1.29 is 4.74 Å². The second kappa shape index (κ2) is 5.14. The first-order valence-corrected chi connectivity index (χ1v) is 4.71. The molecule has 5 heteroatoms. The zero-order valence-corrected chi connectivity index (χ0v) is 8.86. The van der Waals surface area contributed by atoms with Crippen LogP contribution in [0, 0.1) is 0 Å². The third-order valence-corrected chi connectivity index (χ3v) is 2.19. The van der Waals surface area contributed by atoms with Gasteiger partial charge in [-0.3, -0.25) is 5.43 Å². The summed E-state index contributed by atoms with van der Waals surface area (Å²) in [6, 6.07) is 0. The van der Waals surface area contributed by atoms with E-state index >= 15 is 0 Å². The lowest BCUT2D eigenvalue weighted by atomic mass is 10.2. The standard InChI is InChI=1S/C8H15N3OS/c1-11(2)8(13)10-9-7-4-3-5-12-6-7/h3-6H2,1-2H3,(H,10,13)/b9-7-. The highest BCUT2D eigenvalue weighted by molar-refractivity contribution is 7.80. The predicted octanol–water partition coefficient (Wildman–Crippen LogP) is 0.589.